The Hall–Kier alpha value is -4.50. The van der Waals surface area contributed by atoms with Crippen molar-refractivity contribution in [2.75, 3.05) is 5.32 Å². The SMILES string of the molecule is O=C(O)c1cc(-c2ccc(C#Cc3cccnc3)cc2)nc(Nc2ccccc2)n1. The number of para-hydroxylation sites is 1. The van der Waals surface area contributed by atoms with Crippen LogP contribution < -0.4 is 5.32 Å². The molecule has 144 valence electrons. The molecule has 0 amide bonds. The van der Waals surface area contributed by atoms with E-state index in [1.54, 1.807) is 12.4 Å². The zero-order valence-corrected chi connectivity index (χ0v) is 15.8. The van der Waals surface area contributed by atoms with Gasteiger partial charge in [0.15, 0.2) is 5.69 Å². The van der Waals surface area contributed by atoms with Crippen molar-refractivity contribution in [2.45, 2.75) is 0 Å². The van der Waals surface area contributed by atoms with Gasteiger partial charge in [0.1, 0.15) is 0 Å². The Kier molecular flexibility index (Phi) is 5.45. The molecule has 0 fully saturated rings. The third kappa shape index (κ3) is 4.66. The Balaban J connectivity index is 1.62. The first kappa shape index (κ1) is 18.8. The number of hydrogen-bond acceptors (Lipinski definition) is 5. The summed E-state index contributed by atoms with van der Waals surface area (Å²) in [4.78, 5) is 24.1. The van der Waals surface area contributed by atoms with Crippen LogP contribution in [0.5, 0.6) is 0 Å². The van der Waals surface area contributed by atoms with Crippen LogP contribution in [0.15, 0.2) is 85.2 Å². The molecule has 0 aliphatic rings. The summed E-state index contributed by atoms with van der Waals surface area (Å²) in [7, 11) is 0. The molecule has 30 heavy (non-hydrogen) atoms. The van der Waals surface area contributed by atoms with Gasteiger partial charge in [0.25, 0.3) is 0 Å². The van der Waals surface area contributed by atoms with E-state index in [4.69, 9.17) is 0 Å². The Morgan fingerprint density at radius 3 is 2.33 bits per heavy atom. The normalized spacial score (nSPS) is 10.0. The zero-order chi connectivity index (χ0) is 20.8. The van der Waals surface area contributed by atoms with Gasteiger partial charge in [0.05, 0.1) is 5.69 Å². The van der Waals surface area contributed by atoms with Gasteiger partial charge in [-0.25, -0.2) is 14.8 Å². The molecule has 0 aliphatic heterocycles. The molecule has 0 radical (unpaired) electrons. The number of anilines is 2. The molecule has 2 heterocycles. The molecule has 0 bridgehead atoms. The summed E-state index contributed by atoms with van der Waals surface area (Å²) in [5.74, 6) is 5.24. The molecular formula is C24H16N4O2. The lowest BCUT2D eigenvalue weighted by atomic mass is 10.1. The van der Waals surface area contributed by atoms with Crippen molar-refractivity contribution >= 4 is 17.6 Å². The van der Waals surface area contributed by atoms with Crippen LogP contribution in [-0.4, -0.2) is 26.0 Å². The van der Waals surface area contributed by atoms with Gasteiger partial charge >= 0.3 is 5.97 Å². The van der Waals surface area contributed by atoms with E-state index in [-0.39, 0.29) is 11.6 Å². The van der Waals surface area contributed by atoms with Crippen molar-refractivity contribution in [2.24, 2.45) is 0 Å². The maximum Gasteiger partial charge on any atom is 0.354 e. The van der Waals surface area contributed by atoms with Crippen LogP contribution >= 0.6 is 0 Å². The standard InChI is InChI=1S/C24H16N4O2/c29-23(30)22-15-21(27-24(28-22)26-20-6-2-1-3-7-20)19-12-10-17(11-13-19)8-9-18-5-4-14-25-16-18/h1-7,10-16H,(H,29,30)(H,26,27,28). The summed E-state index contributed by atoms with van der Waals surface area (Å²) in [5.41, 5.74) is 3.62. The monoisotopic (exact) mass is 392 g/mol. The first-order valence-corrected chi connectivity index (χ1v) is 9.14. The lowest BCUT2D eigenvalue weighted by molar-refractivity contribution is 0.0690. The highest BCUT2D eigenvalue weighted by atomic mass is 16.4. The summed E-state index contributed by atoms with van der Waals surface area (Å²) < 4.78 is 0. The van der Waals surface area contributed by atoms with Gasteiger partial charge in [-0.3, -0.25) is 4.98 Å². The molecule has 0 atom stereocenters. The summed E-state index contributed by atoms with van der Waals surface area (Å²) in [5, 5.41) is 12.5. The van der Waals surface area contributed by atoms with Gasteiger partial charge in [-0.1, -0.05) is 42.2 Å². The topological polar surface area (TPSA) is 88.0 Å². The maximum absolute atomic E-state index is 11.5. The minimum absolute atomic E-state index is 0.0844. The molecule has 4 aromatic rings. The maximum atomic E-state index is 11.5. The molecular weight excluding hydrogens is 376 g/mol. The van der Waals surface area contributed by atoms with Crippen molar-refractivity contribution in [3.8, 4) is 23.1 Å². The third-order valence-corrected chi connectivity index (χ3v) is 4.17. The van der Waals surface area contributed by atoms with Crippen LogP contribution in [0.3, 0.4) is 0 Å². The first-order chi connectivity index (χ1) is 14.7. The minimum atomic E-state index is -1.12. The molecule has 2 N–H and O–H groups in total. The summed E-state index contributed by atoms with van der Waals surface area (Å²) in [6.07, 6.45) is 3.41. The van der Waals surface area contributed by atoms with Gasteiger partial charge in [-0.05, 0) is 42.5 Å². The number of nitrogens with zero attached hydrogens (tertiary/aromatic N) is 3. The summed E-state index contributed by atoms with van der Waals surface area (Å²) in [6.45, 7) is 0. The third-order valence-electron chi connectivity index (χ3n) is 4.17. The number of pyridine rings is 1. The Morgan fingerprint density at radius 1 is 0.867 bits per heavy atom. The number of carboxylic acid groups (broad SMARTS) is 1. The number of hydrogen-bond donors (Lipinski definition) is 2. The van der Waals surface area contributed by atoms with Crippen LogP contribution in [0.25, 0.3) is 11.3 Å². The van der Waals surface area contributed by atoms with Gasteiger partial charge in [-0.15, -0.1) is 0 Å². The zero-order valence-electron chi connectivity index (χ0n) is 15.8. The van der Waals surface area contributed by atoms with Gasteiger partial charge in [0, 0.05) is 34.8 Å². The Bertz CT molecular complexity index is 1230. The molecule has 2 aromatic carbocycles. The average Bonchev–Trinajstić information content (AvgIpc) is 2.79. The summed E-state index contributed by atoms with van der Waals surface area (Å²) in [6, 6.07) is 22.0. The smallest absolute Gasteiger partial charge is 0.354 e. The molecule has 4 rings (SSSR count). The second-order valence-electron chi connectivity index (χ2n) is 6.33. The van der Waals surface area contributed by atoms with Gasteiger partial charge in [0.2, 0.25) is 5.95 Å². The molecule has 6 heteroatoms. The fourth-order valence-corrected chi connectivity index (χ4v) is 2.72. The van der Waals surface area contributed by atoms with Crippen LogP contribution in [0, 0.1) is 11.8 Å². The lowest BCUT2D eigenvalue weighted by Crippen LogP contribution is -2.06. The largest absolute Gasteiger partial charge is 0.477 e. The van der Waals surface area contributed by atoms with Crippen molar-refractivity contribution < 1.29 is 9.90 Å². The van der Waals surface area contributed by atoms with Crippen LogP contribution in [-0.2, 0) is 0 Å². The number of carboxylic acids is 1. The molecule has 2 aromatic heterocycles. The van der Waals surface area contributed by atoms with E-state index < -0.39 is 5.97 Å². The highest BCUT2D eigenvalue weighted by Gasteiger charge is 2.12. The second-order valence-corrected chi connectivity index (χ2v) is 6.33. The van der Waals surface area contributed by atoms with E-state index in [0.717, 1.165) is 22.4 Å². The van der Waals surface area contributed by atoms with Gasteiger partial charge < -0.3 is 10.4 Å². The van der Waals surface area contributed by atoms with E-state index in [1.807, 2.05) is 66.7 Å². The molecule has 0 spiro atoms. The van der Waals surface area contributed by atoms with Crippen LogP contribution in [0.1, 0.15) is 21.6 Å². The van der Waals surface area contributed by atoms with Crippen molar-refractivity contribution in [1.82, 2.24) is 15.0 Å². The molecule has 6 nitrogen and oxygen atoms in total. The second kappa shape index (κ2) is 8.67. The van der Waals surface area contributed by atoms with Crippen LogP contribution in [0.2, 0.25) is 0 Å². The van der Waals surface area contributed by atoms with E-state index in [1.165, 1.54) is 6.07 Å². The van der Waals surface area contributed by atoms with E-state index in [2.05, 4.69) is 32.1 Å². The molecule has 0 aliphatic carbocycles. The fraction of sp³-hybridized carbons (Fsp3) is 0. The highest BCUT2D eigenvalue weighted by molar-refractivity contribution is 5.87. The summed E-state index contributed by atoms with van der Waals surface area (Å²) >= 11 is 0. The number of nitrogens with one attached hydrogen (secondary N) is 1. The highest BCUT2D eigenvalue weighted by Crippen LogP contribution is 2.22. The van der Waals surface area contributed by atoms with Gasteiger partial charge in [-0.2, -0.15) is 0 Å². The van der Waals surface area contributed by atoms with E-state index >= 15 is 0 Å². The number of rotatable bonds is 4. The fourth-order valence-electron chi connectivity index (χ4n) is 2.72. The van der Waals surface area contributed by atoms with Crippen molar-refractivity contribution in [3.05, 3.63) is 102 Å². The minimum Gasteiger partial charge on any atom is -0.477 e. The first-order valence-electron chi connectivity index (χ1n) is 9.14. The molecule has 0 saturated heterocycles. The van der Waals surface area contributed by atoms with E-state index in [9.17, 15) is 9.90 Å². The Morgan fingerprint density at radius 2 is 1.63 bits per heavy atom. The molecule has 0 saturated carbocycles. The Labute approximate surface area is 173 Å². The van der Waals surface area contributed by atoms with Crippen molar-refractivity contribution in [3.63, 3.8) is 0 Å². The average molecular weight is 392 g/mol. The predicted molar refractivity (Wildman–Crippen MR) is 114 cm³/mol. The van der Waals surface area contributed by atoms with Crippen molar-refractivity contribution in [1.29, 1.82) is 0 Å². The quantitative estimate of drug-likeness (QED) is 0.501. The number of benzene rings is 2. The number of aromatic nitrogens is 3. The van der Waals surface area contributed by atoms with E-state index in [0.29, 0.717) is 5.69 Å². The predicted octanol–water partition coefficient (Wildman–Crippen LogP) is 4.38. The lowest BCUT2D eigenvalue weighted by Gasteiger charge is -2.08. The number of carbonyl (C=O) groups is 1. The van der Waals surface area contributed by atoms with Crippen LogP contribution in [0.4, 0.5) is 11.6 Å². The number of aromatic carboxylic acids is 1. The molecule has 0 unspecified atom stereocenters.